The van der Waals surface area contributed by atoms with Crippen molar-refractivity contribution < 1.29 is 4.79 Å². The van der Waals surface area contributed by atoms with Crippen LogP contribution < -0.4 is 5.73 Å². The number of amides is 1. The summed E-state index contributed by atoms with van der Waals surface area (Å²) in [5.74, 6) is 0.0738. The quantitative estimate of drug-likeness (QED) is 0.828. The Hall–Kier alpha value is -0.870. The van der Waals surface area contributed by atoms with Crippen LogP contribution in [0.5, 0.6) is 0 Å². The monoisotopic (exact) mass is 212 g/mol. The molecule has 3 nitrogen and oxygen atoms in total. The third-order valence-corrected chi connectivity index (χ3v) is 3.26. The Morgan fingerprint density at radius 2 is 2.21 bits per heavy atom. The van der Waals surface area contributed by atoms with Crippen molar-refractivity contribution in [3.8, 4) is 0 Å². The van der Waals surface area contributed by atoms with Crippen molar-refractivity contribution in [1.29, 1.82) is 0 Å². The van der Waals surface area contributed by atoms with Crippen molar-refractivity contribution in [2.24, 2.45) is 5.73 Å². The molecule has 0 aromatic carbocycles. The summed E-state index contributed by atoms with van der Waals surface area (Å²) in [4.78, 5) is 15.4. The molecule has 0 aliphatic heterocycles. The largest absolute Gasteiger partial charge is 0.339 e. The summed E-state index contributed by atoms with van der Waals surface area (Å²) in [7, 11) is 1.81. The lowest BCUT2D eigenvalue weighted by atomic mass is 10.3. The Labute approximate surface area is 88.5 Å². The SMILES string of the molecule is CC(C)N(C)C(=O)c1ccc(CN)s1. The molecule has 0 radical (unpaired) electrons. The molecule has 0 aliphatic rings. The van der Waals surface area contributed by atoms with Crippen molar-refractivity contribution in [2.45, 2.75) is 26.4 Å². The normalized spacial score (nSPS) is 10.6. The zero-order valence-electron chi connectivity index (χ0n) is 8.78. The van der Waals surface area contributed by atoms with Gasteiger partial charge < -0.3 is 10.6 Å². The summed E-state index contributed by atoms with van der Waals surface area (Å²) in [6.45, 7) is 4.49. The smallest absolute Gasteiger partial charge is 0.263 e. The van der Waals surface area contributed by atoms with Crippen LogP contribution in [0.15, 0.2) is 12.1 Å². The van der Waals surface area contributed by atoms with Gasteiger partial charge in [0.2, 0.25) is 0 Å². The van der Waals surface area contributed by atoms with Crippen LogP contribution in [0.3, 0.4) is 0 Å². The van der Waals surface area contributed by atoms with Crippen molar-refractivity contribution in [2.75, 3.05) is 7.05 Å². The van der Waals surface area contributed by atoms with E-state index in [-0.39, 0.29) is 11.9 Å². The minimum atomic E-state index is 0.0738. The average Bonchev–Trinajstić information content (AvgIpc) is 2.63. The Morgan fingerprint density at radius 3 is 2.64 bits per heavy atom. The predicted molar refractivity (Wildman–Crippen MR) is 59.4 cm³/mol. The molecule has 1 amide bonds. The van der Waals surface area contributed by atoms with Gasteiger partial charge in [-0.15, -0.1) is 11.3 Å². The highest BCUT2D eigenvalue weighted by Gasteiger charge is 2.15. The van der Waals surface area contributed by atoms with E-state index in [1.807, 2.05) is 33.0 Å². The number of rotatable bonds is 3. The molecule has 1 heterocycles. The van der Waals surface area contributed by atoms with Crippen LogP contribution in [0.4, 0.5) is 0 Å². The molecule has 14 heavy (non-hydrogen) atoms. The number of nitrogens with two attached hydrogens (primary N) is 1. The van der Waals surface area contributed by atoms with E-state index in [4.69, 9.17) is 5.73 Å². The molecule has 0 bridgehead atoms. The number of carbonyl (C=O) groups is 1. The van der Waals surface area contributed by atoms with Crippen molar-refractivity contribution >= 4 is 17.2 Å². The van der Waals surface area contributed by atoms with Crippen LogP contribution in [0.1, 0.15) is 28.4 Å². The molecule has 0 atom stereocenters. The number of hydrogen-bond donors (Lipinski definition) is 1. The van der Waals surface area contributed by atoms with E-state index in [0.29, 0.717) is 6.54 Å². The van der Waals surface area contributed by atoms with Gasteiger partial charge in [-0.3, -0.25) is 4.79 Å². The van der Waals surface area contributed by atoms with Crippen molar-refractivity contribution in [3.05, 3.63) is 21.9 Å². The van der Waals surface area contributed by atoms with Gasteiger partial charge in [0.05, 0.1) is 4.88 Å². The minimum Gasteiger partial charge on any atom is -0.339 e. The molecule has 0 spiro atoms. The summed E-state index contributed by atoms with van der Waals surface area (Å²) >= 11 is 1.47. The molecular formula is C10H16N2OS. The molecular weight excluding hydrogens is 196 g/mol. The fraction of sp³-hybridized carbons (Fsp3) is 0.500. The van der Waals surface area contributed by atoms with Gasteiger partial charge in [-0.05, 0) is 26.0 Å². The van der Waals surface area contributed by atoms with Crippen LogP contribution in [0.25, 0.3) is 0 Å². The number of carbonyl (C=O) groups excluding carboxylic acids is 1. The maximum absolute atomic E-state index is 11.8. The summed E-state index contributed by atoms with van der Waals surface area (Å²) in [5, 5.41) is 0. The highest BCUT2D eigenvalue weighted by atomic mass is 32.1. The highest BCUT2D eigenvalue weighted by Crippen LogP contribution is 2.18. The van der Waals surface area contributed by atoms with Gasteiger partial charge in [0.15, 0.2) is 0 Å². The Balaban J connectivity index is 2.79. The first kappa shape index (κ1) is 11.2. The van der Waals surface area contributed by atoms with Gasteiger partial charge in [0.1, 0.15) is 0 Å². The second-order valence-corrected chi connectivity index (χ2v) is 4.65. The molecule has 1 aromatic rings. The van der Waals surface area contributed by atoms with E-state index < -0.39 is 0 Å². The maximum atomic E-state index is 11.8. The van der Waals surface area contributed by atoms with E-state index >= 15 is 0 Å². The van der Waals surface area contributed by atoms with Crippen molar-refractivity contribution in [3.63, 3.8) is 0 Å². The first-order valence-corrected chi connectivity index (χ1v) is 5.44. The molecule has 4 heteroatoms. The zero-order valence-corrected chi connectivity index (χ0v) is 9.60. The van der Waals surface area contributed by atoms with E-state index in [2.05, 4.69) is 0 Å². The molecule has 2 N–H and O–H groups in total. The maximum Gasteiger partial charge on any atom is 0.263 e. The second kappa shape index (κ2) is 4.57. The number of thiophene rings is 1. The lowest BCUT2D eigenvalue weighted by Gasteiger charge is -2.20. The molecule has 78 valence electrons. The lowest BCUT2D eigenvalue weighted by Crippen LogP contribution is -2.32. The van der Waals surface area contributed by atoms with Crippen molar-refractivity contribution in [1.82, 2.24) is 4.90 Å². The van der Waals surface area contributed by atoms with E-state index in [9.17, 15) is 4.79 Å². The minimum absolute atomic E-state index is 0.0738. The van der Waals surface area contributed by atoms with Crippen LogP contribution >= 0.6 is 11.3 Å². The molecule has 0 aliphatic carbocycles. The van der Waals surface area contributed by atoms with Gasteiger partial charge in [-0.1, -0.05) is 0 Å². The Morgan fingerprint density at radius 1 is 1.57 bits per heavy atom. The molecule has 1 aromatic heterocycles. The van der Waals surface area contributed by atoms with Gasteiger partial charge in [0.25, 0.3) is 5.91 Å². The van der Waals surface area contributed by atoms with Gasteiger partial charge in [0, 0.05) is 24.5 Å². The molecule has 0 unspecified atom stereocenters. The summed E-state index contributed by atoms with van der Waals surface area (Å²) in [6, 6.07) is 3.98. The van der Waals surface area contributed by atoms with Crippen LogP contribution in [-0.2, 0) is 6.54 Å². The van der Waals surface area contributed by atoms with Crippen LogP contribution in [0, 0.1) is 0 Å². The first-order chi connectivity index (χ1) is 6.56. The van der Waals surface area contributed by atoms with Gasteiger partial charge in [-0.25, -0.2) is 0 Å². The van der Waals surface area contributed by atoms with Crippen LogP contribution in [-0.4, -0.2) is 23.9 Å². The topological polar surface area (TPSA) is 46.3 Å². The fourth-order valence-electron chi connectivity index (χ4n) is 1.01. The Bertz CT molecular complexity index is 320. The highest BCUT2D eigenvalue weighted by molar-refractivity contribution is 7.14. The van der Waals surface area contributed by atoms with Gasteiger partial charge >= 0.3 is 0 Å². The molecule has 1 rings (SSSR count). The number of hydrogen-bond acceptors (Lipinski definition) is 3. The van der Waals surface area contributed by atoms with Gasteiger partial charge in [-0.2, -0.15) is 0 Å². The summed E-state index contributed by atoms with van der Waals surface area (Å²) in [5.41, 5.74) is 5.48. The summed E-state index contributed by atoms with van der Waals surface area (Å²) in [6.07, 6.45) is 0. The van der Waals surface area contributed by atoms with E-state index in [1.54, 1.807) is 4.90 Å². The van der Waals surface area contributed by atoms with E-state index in [1.165, 1.54) is 11.3 Å². The summed E-state index contributed by atoms with van der Waals surface area (Å²) < 4.78 is 0. The molecule has 0 saturated heterocycles. The first-order valence-electron chi connectivity index (χ1n) is 4.62. The zero-order chi connectivity index (χ0) is 10.7. The number of nitrogens with zero attached hydrogens (tertiary/aromatic N) is 1. The standard InChI is InChI=1S/C10H16N2OS/c1-7(2)12(3)10(13)9-5-4-8(6-11)14-9/h4-5,7H,6,11H2,1-3H3. The predicted octanol–water partition coefficient (Wildman–Crippen LogP) is 1.69. The molecule has 0 saturated carbocycles. The second-order valence-electron chi connectivity index (χ2n) is 3.48. The third-order valence-electron chi connectivity index (χ3n) is 2.17. The molecule has 0 fully saturated rings. The lowest BCUT2D eigenvalue weighted by molar-refractivity contribution is 0.0760. The average molecular weight is 212 g/mol. The Kier molecular flexibility index (Phi) is 3.66. The fourth-order valence-corrected chi connectivity index (χ4v) is 1.88. The van der Waals surface area contributed by atoms with Crippen LogP contribution in [0.2, 0.25) is 0 Å². The third kappa shape index (κ3) is 2.33. The van der Waals surface area contributed by atoms with E-state index in [0.717, 1.165) is 9.75 Å².